The normalized spacial score (nSPS) is 21.2. The van der Waals surface area contributed by atoms with Crippen LogP contribution in [0.1, 0.15) is 32.3 Å². The number of piperidine rings is 1. The van der Waals surface area contributed by atoms with Crippen molar-refractivity contribution in [3.8, 4) is 5.75 Å². The van der Waals surface area contributed by atoms with E-state index in [4.69, 9.17) is 5.73 Å². The highest BCUT2D eigenvalue weighted by atomic mass is 16.3. The highest BCUT2D eigenvalue weighted by Crippen LogP contribution is 2.27. The lowest BCUT2D eigenvalue weighted by Gasteiger charge is -2.44. The van der Waals surface area contributed by atoms with E-state index in [1.165, 1.54) is 18.4 Å². The van der Waals surface area contributed by atoms with Crippen molar-refractivity contribution >= 4 is 0 Å². The number of benzene rings is 1. The van der Waals surface area contributed by atoms with Gasteiger partial charge in [-0.3, -0.25) is 4.90 Å². The Balaban J connectivity index is 2.06. The zero-order valence-corrected chi connectivity index (χ0v) is 12.1. The summed E-state index contributed by atoms with van der Waals surface area (Å²) in [5.74, 6) is 1.16. The summed E-state index contributed by atoms with van der Waals surface area (Å²) in [7, 11) is 0. The van der Waals surface area contributed by atoms with E-state index in [-0.39, 0.29) is 5.54 Å². The molecule has 1 heterocycles. The lowest BCUT2D eigenvalue weighted by atomic mass is 9.87. The van der Waals surface area contributed by atoms with Gasteiger partial charge in [-0.25, -0.2) is 0 Å². The lowest BCUT2D eigenvalue weighted by molar-refractivity contribution is 0.0708. The summed E-state index contributed by atoms with van der Waals surface area (Å²) >= 11 is 0. The van der Waals surface area contributed by atoms with Gasteiger partial charge >= 0.3 is 0 Å². The fourth-order valence-corrected chi connectivity index (χ4v) is 2.92. The second-order valence-corrected chi connectivity index (χ2v) is 6.21. The number of phenols is 1. The summed E-state index contributed by atoms with van der Waals surface area (Å²) < 4.78 is 0. The Hall–Kier alpha value is -1.06. The first-order valence-electron chi connectivity index (χ1n) is 7.26. The summed E-state index contributed by atoms with van der Waals surface area (Å²) in [5, 5.41) is 9.35. The molecule has 0 spiro atoms. The van der Waals surface area contributed by atoms with E-state index in [0.717, 1.165) is 25.4 Å². The van der Waals surface area contributed by atoms with Crippen molar-refractivity contribution in [2.24, 2.45) is 11.7 Å². The highest BCUT2D eigenvalue weighted by Gasteiger charge is 2.32. The molecule has 106 valence electrons. The van der Waals surface area contributed by atoms with Crippen molar-refractivity contribution in [1.82, 2.24) is 4.90 Å². The van der Waals surface area contributed by atoms with Gasteiger partial charge in [0, 0.05) is 12.1 Å². The smallest absolute Gasteiger partial charge is 0.115 e. The Kier molecular flexibility index (Phi) is 4.48. The minimum atomic E-state index is 0.0249. The molecular formula is C16H26N2O. The van der Waals surface area contributed by atoms with E-state index < -0.39 is 0 Å². The van der Waals surface area contributed by atoms with E-state index in [2.05, 4.69) is 18.7 Å². The molecule has 0 saturated carbocycles. The van der Waals surface area contributed by atoms with Gasteiger partial charge in [-0.2, -0.15) is 0 Å². The van der Waals surface area contributed by atoms with Crippen molar-refractivity contribution < 1.29 is 5.11 Å². The number of hydrogen-bond donors (Lipinski definition) is 2. The summed E-state index contributed by atoms with van der Waals surface area (Å²) in [6.45, 7) is 7.55. The van der Waals surface area contributed by atoms with Crippen LogP contribution < -0.4 is 5.73 Å². The molecule has 0 aromatic heterocycles. The first-order chi connectivity index (χ1) is 9.03. The van der Waals surface area contributed by atoms with Gasteiger partial charge in [-0.05, 0) is 62.9 Å². The average molecular weight is 262 g/mol. The number of phenolic OH excluding ortho intramolecular Hbond substituents is 1. The molecule has 1 aliphatic heterocycles. The monoisotopic (exact) mass is 262 g/mol. The SMILES string of the molecule is CC1CCN(C(C)(CN)Cc2ccc(O)cc2)CC1. The molecule has 1 aliphatic rings. The Morgan fingerprint density at radius 1 is 1.26 bits per heavy atom. The van der Waals surface area contributed by atoms with Gasteiger partial charge in [-0.15, -0.1) is 0 Å². The van der Waals surface area contributed by atoms with Crippen LogP contribution in [0.25, 0.3) is 0 Å². The summed E-state index contributed by atoms with van der Waals surface area (Å²) in [5.41, 5.74) is 7.32. The quantitative estimate of drug-likeness (QED) is 0.876. The van der Waals surface area contributed by atoms with Crippen LogP contribution in [0.2, 0.25) is 0 Å². The van der Waals surface area contributed by atoms with Gasteiger partial charge < -0.3 is 10.8 Å². The molecule has 1 atom stereocenters. The molecule has 0 aliphatic carbocycles. The first-order valence-corrected chi connectivity index (χ1v) is 7.26. The average Bonchev–Trinajstić information content (AvgIpc) is 2.42. The number of aromatic hydroxyl groups is 1. The topological polar surface area (TPSA) is 49.5 Å². The van der Waals surface area contributed by atoms with E-state index in [0.29, 0.717) is 12.3 Å². The molecule has 3 heteroatoms. The molecule has 1 aromatic rings. The Morgan fingerprint density at radius 3 is 2.37 bits per heavy atom. The molecule has 0 amide bonds. The first kappa shape index (κ1) is 14.4. The van der Waals surface area contributed by atoms with Crippen molar-refractivity contribution in [2.75, 3.05) is 19.6 Å². The third kappa shape index (κ3) is 3.48. The van der Waals surface area contributed by atoms with Gasteiger partial charge in [0.25, 0.3) is 0 Å². The molecule has 3 nitrogen and oxygen atoms in total. The highest BCUT2D eigenvalue weighted by molar-refractivity contribution is 5.27. The van der Waals surface area contributed by atoms with Crippen LogP contribution in [-0.4, -0.2) is 35.2 Å². The molecule has 1 fully saturated rings. The summed E-state index contributed by atoms with van der Waals surface area (Å²) in [6.07, 6.45) is 3.48. The van der Waals surface area contributed by atoms with Crippen molar-refractivity contribution in [3.63, 3.8) is 0 Å². The van der Waals surface area contributed by atoms with Crippen LogP contribution in [0.15, 0.2) is 24.3 Å². The number of rotatable bonds is 4. The molecule has 0 radical (unpaired) electrons. The van der Waals surface area contributed by atoms with E-state index in [1.807, 2.05) is 12.1 Å². The fraction of sp³-hybridized carbons (Fsp3) is 0.625. The standard InChI is InChI=1S/C16H26N2O/c1-13-7-9-18(10-8-13)16(2,12-17)11-14-3-5-15(19)6-4-14/h3-6,13,19H,7-12,17H2,1-2H3. The fourth-order valence-electron chi connectivity index (χ4n) is 2.92. The number of likely N-dealkylation sites (tertiary alicyclic amines) is 1. The Morgan fingerprint density at radius 2 is 1.84 bits per heavy atom. The minimum Gasteiger partial charge on any atom is -0.508 e. The molecular weight excluding hydrogens is 236 g/mol. The number of nitrogens with two attached hydrogens (primary N) is 1. The zero-order valence-electron chi connectivity index (χ0n) is 12.1. The van der Waals surface area contributed by atoms with Crippen LogP contribution in [0.3, 0.4) is 0 Å². The molecule has 2 rings (SSSR count). The maximum Gasteiger partial charge on any atom is 0.115 e. The van der Waals surface area contributed by atoms with Crippen LogP contribution in [0.5, 0.6) is 5.75 Å². The van der Waals surface area contributed by atoms with Crippen LogP contribution >= 0.6 is 0 Å². The van der Waals surface area contributed by atoms with E-state index >= 15 is 0 Å². The molecule has 3 N–H and O–H groups in total. The van der Waals surface area contributed by atoms with Gasteiger partial charge in [0.05, 0.1) is 0 Å². The van der Waals surface area contributed by atoms with Crippen molar-refractivity contribution in [2.45, 2.75) is 38.6 Å². The lowest BCUT2D eigenvalue weighted by Crippen LogP contribution is -2.55. The zero-order chi connectivity index (χ0) is 13.9. The van der Waals surface area contributed by atoms with Gasteiger partial charge in [0.1, 0.15) is 5.75 Å². The molecule has 1 unspecified atom stereocenters. The third-order valence-electron chi connectivity index (χ3n) is 4.51. The number of hydrogen-bond acceptors (Lipinski definition) is 3. The predicted molar refractivity (Wildman–Crippen MR) is 79.2 cm³/mol. The molecule has 1 saturated heterocycles. The van der Waals surface area contributed by atoms with Gasteiger partial charge in [0.2, 0.25) is 0 Å². The van der Waals surface area contributed by atoms with Crippen LogP contribution in [0.4, 0.5) is 0 Å². The second kappa shape index (κ2) is 5.93. The molecule has 19 heavy (non-hydrogen) atoms. The Labute approximate surface area is 116 Å². The second-order valence-electron chi connectivity index (χ2n) is 6.21. The van der Waals surface area contributed by atoms with Gasteiger partial charge in [0.15, 0.2) is 0 Å². The molecule has 0 bridgehead atoms. The van der Waals surface area contributed by atoms with E-state index in [9.17, 15) is 5.11 Å². The van der Waals surface area contributed by atoms with Crippen molar-refractivity contribution in [1.29, 1.82) is 0 Å². The van der Waals surface area contributed by atoms with Crippen LogP contribution in [-0.2, 0) is 6.42 Å². The molecule has 1 aromatic carbocycles. The third-order valence-corrected chi connectivity index (χ3v) is 4.51. The summed E-state index contributed by atoms with van der Waals surface area (Å²) in [4.78, 5) is 2.54. The van der Waals surface area contributed by atoms with Gasteiger partial charge in [-0.1, -0.05) is 19.1 Å². The maximum absolute atomic E-state index is 9.35. The predicted octanol–water partition coefficient (Wildman–Crippen LogP) is 2.38. The largest absolute Gasteiger partial charge is 0.508 e. The van der Waals surface area contributed by atoms with Crippen LogP contribution in [0, 0.1) is 5.92 Å². The minimum absolute atomic E-state index is 0.0249. The van der Waals surface area contributed by atoms with Crippen molar-refractivity contribution in [3.05, 3.63) is 29.8 Å². The summed E-state index contributed by atoms with van der Waals surface area (Å²) in [6, 6.07) is 7.50. The van der Waals surface area contributed by atoms with E-state index in [1.54, 1.807) is 12.1 Å². The number of nitrogens with zero attached hydrogens (tertiary/aromatic N) is 1. The Bertz CT molecular complexity index is 396. The maximum atomic E-state index is 9.35.